The van der Waals surface area contributed by atoms with Gasteiger partial charge in [0.05, 0.1) is 10.9 Å². The molecular formula is C9H10BrClN2O3S. The topological polar surface area (TPSA) is 89.3 Å². The predicted octanol–water partition coefficient (Wildman–Crippen LogP) is 1.25. The lowest BCUT2D eigenvalue weighted by atomic mass is 10.4. The maximum Gasteiger partial charge on any atom is 0.242 e. The summed E-state index contributed by atoms with van der Waals surface area (Å²) in [5.74, 6) is -0.751. The molecule has 1 aromatic rings. The number of nitrogens with two attached hydrogens (primary N) is 1. The van der Waals surface area contributed by atoms with Crippen LogP contribution < -0.4 is 10.5 Å². The quantitative estimate of drug-likeness (QED) is 0.864. The molecule has 94 valence electrons. The van der Waals surface area contributed by atoms with Crippen molar-refractivity contribution < 1.29 is 13.2 Å². The molecule has 0 saturated heterocycles. The number of rotatable bonds is 4. The lowest BCUT2D eigenvalue weighted by Gasteiger charge is -2.12. The average molecular weight is 342 g/mol. The van der Waals surface area contributed by atoms with Crippen molar-refractivity contribution in [2.75, 3.05) is 0 Å². The van der Waals surface area contributed by atoms with Crippen LogP contribution in [0.25, 0.3) is 0 Å². The SMILES string of the molecule is C[C@H](NS(=O)(=O)c1ccc(Cl)cc1Br)C(N)=O. The van der Waals surface area contributed by atoms with E-state index in [9.17, 15) is 13.2 Å². The standard InChI is InChI=1S/C9H10BrClN2O3S/c1-5(9(12)14)13-17(15,16)8-3-2-6(11)4-7(8)10/h2-5,13H,1H3,(H2,12,14)/t5-/m0/s1. The molecular weight excluding hydrogens is 332 g/mol. The molecule has 3 N–H and O–H groups in total. The van der Waals surface area contributed by atoms with E-state index >= 15 is 0 Å². The molecule has 8 heteroatoms. The Morgan fingerprint density at radius 2 is 2.12 bits per heavy atom. The average Bonchev–Trinajstić information content (AvgIpc) is 2.15. The van der Waals surface area contributed by atoms with Gasteiger partial charge in [-0.15, -0.1) is 0 Å². The van der Waals surface area contributed by atoms with Gasteiger partial charge >= 0.3 is 0 Å². The first-order chi connectivity index (χ1) is 7.74. The summed E-state index contributed by atoms with van der Waals surface area (Å²) < 4.78 is 26.2. The minimum absolute atomic E-state index is 0.00463. The summed E-state index contributed by atoms with van der Waals surface area (Å²) in [6, 6.07) is 3.24. The fraction of sp³-hybridized carbons (Fsp3) is 0.222. The number of primary amides is 1. The second-order valence-electron chi connectivity index (χ2n) is 3.32. The molecule has 0 heterocycles. The fourth-order valence-electron chi connectivity index (χ4n) is 1.05. The lowest BCUT2D eigenvalue weighted by Crippen LogP contribution is -2.42. The minimum atomic E-state index is -3.81. The number of carbonyl (C=O) groups is 1. The zero-order valence-corrected chi connectivity index (χ0v) is 11.9. The third-order valence-corrected chi connectivity index (χ3v) is 4.69. The van der Waals surface area contributed by atoms with Gasteiger partial charge in [0, 0.05) is 9.50 Å². The molecule has 0 unspecified atom stereocenters. The molecule has 0 aromatic heterocycles. The van der Waals surface area contributed by atoms with Crippen LogP contribution in [0.15, 0.2) is 27.6 Å². The van der Waals surface area contributed by atoms with Crippen molar-refractivity contribution >= 4 is 43.5 Å². The first-order valence-electron chi connectivity index (χ1n) is 4.51. The highest BCUT2D eigenvalue weighted by Crippen LogP contribution is 2.25. The Labute approximate surface area is 113 Å². The number of amides is 1. The molecule has 0 bridgehead atoms. The summed E-state index contributed by atoms with van der Waals surface area (Å²) in [6.07, 6.45) is 0. The van der Waals surface area contributed by atoms with Gasteiger partial charge in [-0.3, -0.25) is 4.79 Å². The highest BCUT2D eigenvalue weighted by Gasteiger charge is 2.22. The van der Waals surface area contributed by atoms with Gasteiger partial charge in [0.1, 0.15) is 0 Å². The first-order valence-corrected chi connectivity index (χ1v) is 7.16. The lowest BCUT2D eigenvalue weighted by molar-refractivity contribution is -0.119. The van der Waals surface area contributed by atoms with Crippen LogP contribution in [-0.2, 0) is 14.8 Å². The Morgan fingerprint density at radius 3 is 2.59 bits per heavy atom. The van der Waals surface area contributed by atoms with Crippen LogP contribution in [0.3, 0.4) is 0 Å². The van der Waals surface area contributed by atoms with Crippen molar-refractivity contribution in [2.45, 2.75) is 17.9 Å². The van der Waals surface area contributed by atoms with Crippen molar-refractivity contribution in [3.63, 3.8) is 0 Å². The Morgan fingerprint density at radius 1 is 1.53 bits per heavy atom. The van der Waals surface area contributed by atoms with Crippen molar-refractivity contribution in [1.82, 2.24) is 4.72 Å². The molecule has 1 aromatic carbocycles. The molecule has 0 aliphatic carbocycles. The van der Waals surface area contributed by atoms with E-state index in [1.807, 2.05) is 0 Å². The predicted molar refractivity (Wildman–Crippen MR) is 68.1 cm³/mol. The third kappa shape index (κ3) is 3.67. The molecule has 0 radical (unpaired) electrons. The summed E-state index contributed by atoms with van der Waals surface area (Å²) >= 11 is 8.79. The Hall–Kier alpha value is -0.630. The fourth-order valence-corrected chi connectivity index (χ4v) is 3.64. The Bertz CT molecular complexity index is 547. The van der Waals surface area contributed by atoms with Crippen molar-refractivity contribution in [1.29, 1.82) is 0 Å². The van der Waals surface area contributed by atoms with Crippen molar-refractivity contribution in [2.24, 2.45) is 5.73 Å². The molecule has 1 atom stereocenters. The highest BCUT2D eigenvalue weighted by atomic mass is 79.9. The van der Waals surface area contributed by atoms with Crippen molar-refractivity contribution in [3.05, 3.63) is 27.7 Å². The van der Waals surface area contributed by atoms with Crippen LogP contribution in [-0.4, -0.2) is 20.4 Å². The van der Waals surface area contributed by atoms with E-state index in [1.54, 1.807) is 0 Å². The van der Waals surface area contributed by atoms with Gasteiger partial charge in [-0.1, -0.05) is 11.6 Å². The number of benzene rings is 1. The van der Waals surface area contributed by atoms with Gasteiger partial charge in [-0.05, 0) is 41.1 Å². The van der Waals surface area contributed by atoms with Gasteiger partial charge in [0.2, 0.25) is 15.9 Å². The third-order valence-electron chi connectivity index (χ3n) is 1.94. The van der Waals surface area contributed by atoms with Gasteiger partial charge in [-0.25, -0.2) is 8.42 Å². The van der Waals surface area contributed by atoms with Crippen LogP contribution >= 0.6 is 27.5 Å². The highest BCUT2D eigenvalue weighted by molar-refractivity contribution is 9.10. The van der Waals surface area contributed by atoms with Crippen LogP contribution in [0, 0.1) is 0 Å². The van der Waals surface area contributed by atoms with Gasteiger partial charge in [0.25, 0.3) is 0 Å². The zero-order chi connectivity index (χ0) is 13.2. The maximum atomic E-state index is 11.9. The van der Waals surface area contributed by atoms with Gasteiger partial charge < -0.3 is 5.73 Å². The molecule has 1 amide bonds. The number of carbonyl (C=O) groups excluding carboxylic acids is 1. The number of hydrogen-bond acceptors (Lipinski definition) is 3. The van der Waals surface area contributed by atoms with E-state index < -0.39 is 22.0 Å². The van der Waals surface area contributed by atoms with E-state index in [1.165, 1.54) is 25.1 Å². The smallest absolute Gasteiger partial charge is 0.242 e. The summed E-state index contributed by atoms with van der Waals surface area (Å²) in [5.41, 5.74) is 4.98. The summed E-state index contributed by atoms with van der Waals surface area (Å²) in [4.78, 5) is 10.8. The molecule has 17 heavy (non-hydrogen) atoms. The van der Waals surface area contributed by atoms with Crippen LogP contribution in [0.2, 0.25) is 5.02 Å². The van der Waals surface area contributed by atoms with E-state index in [0.29, 0.717) is 9.50 Å². The normalized spacial score (nSPS) is 13.4. The summed E-state index contributed by atoms with van der Waals surface area (Å²) in [7, 11) is -3.81. The van der Waals surface area contributed by atoms with Gasteiger partial charge in [-0.2, -0.15) is 4.72 Å². The maximum absolute atomic E-state index is 11.9. The molecule has 0 fully saturated rings. The van der Waals surface area contributed by atoms with E-state index in [-0.39, 0.29) is 4.90 Å². The summed E-state index contributed by atoms with van der Waals surface area (Å²) in [6.45, 7) is 1.36. The molecule has 0 spiro atoms. The zero-order valence-electron chi connectivity index (χ0n) is 8.78. The molecule has 5 nitrogen and oxygen atoms in total. The molecule has 0 aliphatic rings. The molecule has 1 rings (SSSR count). The number of hydrogen-bond donors (Lipinski definition) is 2. The Balaban J connectivity index is 3.10. The molecule has 0 aliphatic heterocycles. The van der Waals surface area contributed by atoms with Crippen molar-refractivity contribution in [3.8, 4) is 0 Å². The number of nitrogens with one attached hydrogen (secondary N) is 1. The van der Waals surface area contributed by atoms with Gasteiger partial charge in [0.15, 0.2) is 0 Å². The van der Waals surface area contributed by atoms with Crippen LogP contribution in [0.1, 0.15) is 6.92 Å². The van der Waals surface area contributed by atoms with E-state index in [4.69, 9.17) is 17.3 Å². The second-order valence-corrected chi connectivity index (χ2v) is 6.29. The second kappa shape index (κ2) is 5.34. The summed E-state index contributed by atoms with van der Waals surface area (Å²) in [5, 5.41) is 0.402. The minimum Gasteiger partial charge on any atom is -0.368 e. The van der Waals surface area contributed by atoms with E-state index in [2.05, 4.69) is 20.7 Å². The van der Waals surface area contributed by atoms with Crippen LogP contribution in [0.5, 0.6) is 0 Å². The largest absolute Gasteiger partial charge is 0.368 e. The number of sulfonamides is 1. The molecule has 0 saturated carbocycles. The van der Waals surface area contributed by atoms with E-state index in [0.717, 1.165) is 0 Å². The monoisotopic (exact) mass is 340 g/mol. The number of halogens is 2. The van der Waals surface area contributed by atoms with Crippen LogP contribution in [0.4, 0.5) is 0 Å². The first kappa shape index (κ1) is 14.4. The Kier molecular flexibility index (Phi) is 4.54.